The molecule has 0 aromatic heterocycles. The van der Waals surface area contributed by atoms with Gasteiger partial charge in [-0.05, 0) is 30.7 Å². The number of para-hydroxylation sites is 1. The SMILES string of the molecule is COc1ccc(C(C)(O)c2ccccc2O)cc1. The summed E-state index contributed by atoms with van der Waals surface area (Å²) >= 11 is 0. The van der Waals surface area contributed by atoms with Gasteiger partial charge in [0.2, 0.25) is 0 Å². The number of ether oxygens (including phenoxy) is 1. The van der Waals surface area contributed by atoms with Gasteiger partial charge in [0.25, 0.3) is 0 Å². The number of phenols is 1. The average Bonchev–Trinajstić information content (AvgIpc) is 2.39. The number of benzene rings is 2. The molecule has 0 aliphatic heterocycles. The standard InChI is InChI=1S/C15H16O3/c1-15(17,13-5-3-4-6-14(13)16)11-7-9-12(18-2)10-8-11/h3-10,16-17H,1-2H3. The van der Waals surface area contributed by atoms with Gasteiger partial charge < -0.3 is 14.9 Å². The third-order valence-electron chi connectivity index (χ3n) is 3.08. The average molecular weight is 244 g/mol. The van der Waals surface area contributed by atoms with Gasteiger partial charge >= 0.3 is 0 Å². The highest BCUT2D eigenvalue weighted by Gasteiger charge is 2.28. The Labute approximate surface area is 106 Å². The molecule has 0 radical (unpaired) electrons. The summed E-state index contributed by atoms with van der Waals surface area (Å²) in [4.78, 5) is 0. The van der Waals surface area contributed by atoms with Gasteiger partial charge in [-0.3, -0.25) is 0 Å². The van der Waals surface area contributed by atoms with Crippen molar-refractivity contribution in [2.24, 2.45) is 0 Å². The number of methoxy groups -OCH3 is 1. The Balaban J connectivity index is 2.44. The van der Waals surface area contributed by atoms with Gasteiger partial charge in [0.15, 0.2) is 0 Å². The Morgan fingerprint density at radius 1 is 1.00 bits per heavy atom. The van der Waals surface area contributed by atoms with E-state index in [1.807, 2.05) is 0 Å². The van der Waals surface area contributed by atoms with Crippen LogP contribution in [0.5, 0.6) is 11.5 Å². The van der Waals surface area contributed by atoms with Gasteiger partial charge in [0, 0.05) is 5.56 Å². The van der Waals surface area contributed by atoms with E-state index in [0.717, 1.165) is 5.75 Å². The van der Waals surface area contributed by atoms with Crippen molar-refractivity contribution in [3.63, 3.8) is 0 Å². The second-order valence-corrected chi connectivity index (χ2v) is 4.32. The molecular weight excluding hydrogens is 228 g/mol. The Hall–Kier alpha value is -2.00. The minimum absolute atomic E-state index is 0.0818. The Bertz CT molecular complexity index is 530. The zero-order chi connectivity index (χ0) is 13.2. The minimum atomic E-state index is -1.24. The summed E-state index contributed by atoms with van der Waals surface area (Å²) in [5, 5.41) is 20.4. The molecule has 0 spiro atoms. The van der Waals surface area contributed by atoms with E-state index in [0.29, 0.717) is 11.1 Å². The van der Waals surface area contributed by atoms with E-state index in [4.69, 9.17) is 4.74 Å². The second kappa shape index (κ2) is 4.70. The van der Waals surface area contributed by atoms with E-state index in [9.17, 15) is 10.2 Å². The molecular formula is C15H16O3. The van der Waals surface area contributed by atoms with Crippen LogP contribution in [0.3, 0.4) is 0 Å². The summed E-state index contributed by atoms with van der Waals surface area (Å²) in [5.41, 5.74) is -0.0580. The topological polar surface area (TPSA) is 49.7 Å². The lowest BCUT2D eigenvalue weighted by Gasteiger charge is -2.25. The number of hydrogen-bond acceptors (Lipinski definition) is 3. The Kier molecular flexibility index (Phi) is 3.26. The van der Waals surface area contributed by atoms with Crippen LogP contribution in [0.25, 0.3) is 0 Å². The summed E-state index contributed by atoms with van der Waals surface area (Å²) in [6.45, 7) is 1.66. The zero-order valence-electron chi connectivity index (χ0n) is 10.4. The van der Waals surface area contributed by atoms with Crippen molar-refractivity contribution in [2.75, 3.05) is 7.11 Å². The van der Waals surface area contributed by atoms with E-state index < -0.39 is 5.60 Å². The molecule has 18 heavy (non-hydrogen) atoms. The summed E-state index contributed by atoms with van der Waals surface area (Å²) < 4.78 is 5.08. The first-order valence-corrected chi connectivity index (χ1v) is 5.71. The van der Waals surface area contributed by atoms with Crippen LogP contribution in [0.2, 0.25) is 0 Å². The monoisotopic (exact) mass is 244 g/mol. The van der Waals surface area contributed by atoms with E-state index in [1.54, 1.807) is 62.6 Å². The highest BCUT2D eigenvalue weighted by Crippen LogP contribution is 2.35. The first-order valence-electron chi connectivity index (χ1n) is 5.71. The fourth-order valence-corrected chi connectivity index (χ4v) is 1.96. The van der Waals surface area contributed by atoms with Crippen LogP contribution in [0.1, 0.15) is 18.1 Å². The molecule has 0 heterocycles. The molecule has 2 rings (SSSR count). The number of aliphatic hydroxyl groups is 1. The summed E-state index contributed by atoms with van der Waals surface area (Å²) in [6, 6.07) is 13.9. The zero-order valence-corrected chi connectivity index (χ0v) is 10.4. The van der Waals surface area contributed by atoms with Crippen molar-refractivity contribution in [2.45, 2.75) is 12.5 Å². The highest BCUT2D eigenvalue weighted by atomic mass is 16.5. The third kappa shape index (κ3) is 2.17. The summed E-state index contributed by atoms with van der Waals surface area (Å²) in [5.74, 6) is 0.810. The summed E-state index contributed by atoms with van der Waals surface area (Å²) in [6.07, 6.45) is 0. The molecule has 2 aromatic carbocycles. The van der Waals surface area contributed by atoms with Crippen molar-refractivity contribution < 1.29 is 14.9 Å². The Morgan fingerprint density at radius 2 is 1.61 bits per heavy atom. The number of hydrogen-bond donors (Lipinski definition) is 2. The van der Waals surface area contributed by atoms with Crippen LogP contribution in [0.15, 0.2) is 48.5 Å². The highest BCUT2D eigenvalue weighted by molar-refractivity contribution is 5.44. The van der Waals surface area contributed by atoms with Crippen LogP contribution < -0.4 is 4.74 Å². The molecule has 0 aliphatic carbocycles. The van der Waals surface area contributed by atoms with Crippen molar-refractivity contribution in [3.8, 4) is 11.5 Å². The minimum Gasteiger partial charge on any atom is -0.508 e. The summed E-state index contributed by atoms with van der Waals surface area (Å²) in [7, 11) is 1.59. The molecule has 0 amide bonds. The largest absolute Gasteiger partial charge is 0.508 e. The lowest BCUT2D eigenvalue weighted by Crippen LogP contribution is -2.22. The fourth-order valence-electron chi connectivity index (χ4n) is 1.96. The smallest absolute Gasteiger partial charge is 0.122 e. The molecule has 0 saturated carbocycles. The van der Waals surface area contributed by atoms with Crippen LogP contribution in [-0.2, 0) is 5.60 Å². The van der Waals surface area contributed by atoms with Crippen LogP contribution in [0, 0.1) is 0 Å². The molecule has 0 fully saturated rings. The van der Waals surface area contributed by atoms with E-state index in [-0.39, 0.29) is 5.75 Å². The van der Waals surface area contributed by atoms with Gasteiger partial charge in [0.1, 0.15) is 17.1 Å². The van der Waals surface area contributed by atoms with Crippen molar-refractivity contribution >= 4 is 0 Å². The molecule has 1 atom stereocenters. The van der Waals surface area contributed by atoms with Crippen LogP contribution in [-0.4, -0.2) is 17.3 Å². The van der Waals surface area contributed by atoms with Gasteiger partial charge in [-0.15, -0.1) is 0 Å². The van der Waals surface area contributed by atoms with Gasteiger partial charge in [0.05, 0.1) is 7.11 Å². The van der Waals surface area contributed by atoms with E-state index >= 15 is 0 Å². The molecule has 94 valence electrons. The Morgan fingerprint density at radius 3 is 2.17 bits per heavy atom. The number of aromatic hydroxyl groups is 1. The molecule has 0 bridgehead atoms. The van der Waals surface area contributed by atoms with Crippen LogP contribution >= 0.6 is 0 Å². The predicted octanol–water partition coefficient (Wildman–Crippen LogP) is 2.66. The quantitative estimate of drug-likeness (QED) is 0.872. The van der Waals surface area contributed by atoms with E-state index in [2.05, 4.69) is 0 Å². The molecule has 0 saturated heterocycles. The van der Waals surface area contributed by atoms with Gasteiger partial charge in [-0.2, -0.15) is 0 Å². The number of phenolic OH excluding ortho intramolecular Hbond substituents is 1. The van der Waals surface area contributed by atoms with Crippen molar-refractivity contribution in [3.05, 3.63) is 59.7 Å². The molecule has 3 heteroatoms. The molecule has 2 N–H and O–H groups in total. The van der Waals surface area contributed by atoms with Gasteiger partial charge in [-0.1, -0.05) is 30.3 Å². The molecule has 2 aromatic rings. The number of rotatable bonds is 3. The third-order valence-corrected chi connectivity index (χ3v) is 3.08. The maximum absolute atomic E-state index is 10.6. The lowest BCUT2D eigenvalue weighted by atomic mass is 9.87. The van der Waals surface area contributed by atoms with Crippen molar-refractivity contribution in [1.82, 2.24) is 0 Å². The predicted molar refractivity (Wildman–Crippen MR) is 69.8 cm³/mol. The maximum Gasteiger partial charge on any atom is 0.122 e. The first kappa shape index (κ1) is 12.5. The maximum atomic E-state index is 10.6. The molecule has 3 nitrogen and oxygen atoms in total. The second-order valence-electron chi connectivity index (χ2n) is 4.32. The van der Waals surface area contributed by atoms with Crippen LogP contribution in [0.4, 0.5) is 0 Å². The molecule has 1 unspecified atom stereocenters. The van der Waals surface area contributed by atoms with Crippen molar-refractivity contribution in [1.29, 1.82) is 0 Å². The normalized spacial score (nSPS) is 13.9. The lowest BCUT2D eigenvalue weighted by molar-refractivity contribution is 0.0991. The van der Waals surface area contributed by atoms with Gasteiger partial charge in [-0.25, -0.2) is 0 Å². The first-order chi connectivity index (χ1) is 8.55. The molecule has 0 aliphatic rings. The fraction of sp³-hybridized carbons (Fsp3) is 0.200. The van der Waals surface area contributed by atoms with E-state index in [1.165, 1.54) is 0 Å².